The molecule has 0 saturated heterocycles. The van der Waals surface area contributed by atoms with E-state index < -0.39 is 0 Å². The van der Waals surface area contributed by atoms with Gasteiger partial charge in [0.2, 0.25) is 0 Å². The van der Waals surface area contributed by atoms with Crippen molar-refractivity contribution < 1.29 is 4.79 Å². The summed E-state index contributed by atoms with van der Waals surface area (Å²) in [6, 6.07) is 0. The van der Waals surface area contributed by atoms with Gasteiger partial charge in [0.05, 0.1) is 0 Å². The van der Waals surface area contributed by atoms with Crippen molar-refractivity contribution in [1.82, 2.24) is 0 Å². The van der Waals surface area contributed by atoms with Crippen molar-refractivity contribution >= 4 is 5.78 Å². The van der Waals surface area contributed by atoms with Crippen molar-refractivity contribution in [2.75, 3.05) is 0 Å². The molecule has 0 aliphatic heterocycles. The number of allylic oxidation sites excluding steroid dienone is 1. The fraction of sp³-hybridized carbons (Fsp3) is 0.786. The van der Waals surface area contributed by atoms with Crippen LogP contribution in [0, 0.1) is 17.3 Å². The lowest BCUT2D eigenvalue weighted by molar-refractivity contribution is -0.121. The summed E-state index contributed by atoms with van der Waals surface area (Å²) < 4.78 is 0. The SMILES string of the molecule is C=C(C[C@@H]1CCC[C@H]1C(C)=O)C(C)(C)C. The number of ketones is 1. The van der Waals surface area contributed by atoms with Gasteiger partial charge >= 0.3 is 0 Å². The van der Waals surface area contributed by atoms with Crippen molar-refractivity contribution in [2.45, 2.75) is 53.4 Å². The summed E-state index contributed by atoms with van der Waals surface area (Å²) in [4.78, 5) is 11.5. The molecule has 1 aliphatic carbocycles. The molecular formula is C14H24O. The van der Waals surface area contributed by atoms with E-state index in [0.717, 1.165) is 12.8 Å². The summed E-state index contributed by atoms with van der Waals surface area (Å²) in [7, 11) is 0. The van der Waals surface area contributed by atoms with Crippen LogP contribution in [0.15, 0.2) is 12.2 Å². The first-order valence-electron chi connectivity index (χ1n) is 6.01. The zero-order chi connectivity index (χ0) is 11.6. The zero-order valence-electron chi connectivity index (χ0n) is 10.6. The highest BCUT2D eigenvalue weighted by molar-refractivity contribution is 5.78. The minimum Gasteiger partial charge on any atom is -0.300 e. The molecule has 0 aromatic rings. The molecule has 0 radical (unpaired) electrons. The van der Waals surface area contributed by atoms with Crippen molar-refractivity contribution in [3.63, 3.8) is 0 Å². The lowest BCUT2D eigenvalue weighted by Gasteiger charge is -2.26. The minimum absolute atomic E-state index is 0.184. The highest BCUT2D eigenvalue weighted by atomic mass is 16.1. The maximum absolute atomic E-state index is 11.5. The predicted molar refractivity (Wildman–Crippen MR) is 64.7 cm³/mol. The number of rotatable bonds is 3. The van der Waals surface area contributed by atoms with Crippen molar-refractivity contribution in [3.05, 3.63) is 12.2 Å². The van der Waals surface area contributed by atoms with E-state index in [9.17, 15) is 4.79 Å². The lowest BCUT2D eigenvalue weighted by Crippen LogP contribution is -2.19. The molecule has 0 amide bonds. The average molecular weight is 208 g/mol. The Balaban J connectivity index is 2.58. The molecule has 86 valence electrons. The van der Waals surface area contributed by atoms with Crippen LogP contribution in [0.3, 0.4) is 0 Å². The maximum atomic E-state index is 11.5. The Kier molecular flexibility index (Phi) is 3.75. The standard InChI is InChI=1S/C14H24O/c1-10(14(3,4)5)9-12-7-6-8-13(12)11(2)15/h12-13H,1,6-9H2,2-5H3/t12-,13-/m0/s1. The van der Waals surface area contributed by atoms with Crippen LogP contribution < -0.4 is 0 Å². The van der Waals surface area contributed by atoms with Gasteiger partial charge in [-0.25, -0.2) is 0 Å². The zero-order valence-corrected chi connectivity index (χ0v) is 10.6. The van der Waals surface area contributed by atoms with Gasteiger partial charge in [-0.05, 0) is 37.5 Å². The topological polar surface area (TPSA) is 17.1 Å². The van der Waals surface area contributed by atoms with Crippen LogP contribution in [-0.4, -0.2) is 5.78 Å². The molecule has 0 unspecified atom stereocenters. The molecule has 0 spiro atoms. The molecule has 1 fully saturated rings. The summed E-state index contributed by atoms with van der Waals surface area (Å²) in [5.41, 5.74) is 1.48. The Hall–Kier alpha value is -0.590. The quantitative estimate of drug-likeness (QED) is 0.641. The highest BCUT2D eigenvalue weighted by Gasteiger charge is 2.32. The summed E-state index contributed by atoms with van der Waals surface area (Å²) in [6.07, 6.45) is 4.55. The van der Waals surface area contributed by atoms with E-state index in [0.29, 0.717) is 17.6 Å². The number of Topliss-reactive ketones (excluding diaryl/α,β-unsaturated/α-hetero) is 1. The molecule has 0 heterocycles. The molecule has 1 saturated carbocycles. The van der Waals surface area contributed by atoms with Crippen molar-refractivity contribution in [3.8, 4) is 0 Å². The van der Waals surface area contributed by atoms with Gasteiger partial charge in [0.1, 0.15) is 5.78 Å². The minimum atomic E-state index is 0.184. The van der Waals surface area contributed by atoms with Gasteiger partial charge in [-0.3, -0.25) is 4.79 Å². The van der Waals surface area contributed by atoms with E-state index in [-0.39, 0.29) is 5.41 Å². The Labute approximate surface area is 93.9 Å². The summed E-state index contributed by atoms with van der Waals surface area (Å²) in [5.74, 6) is 1.25. The largest absolute Gasteiger partial charge is 0.300 e. The fourth-order valence-corrected chi connectivity index (χ4v) is 2.44. The normalized spacial score (nSPS) is 26.7. The third kappa shape index (κ3) is 3.19. The van der Waals surface area contributed by atoms with Crippen LogP contribution in [0.4, 0.5) is 0 Å². The number of hydrogen-bond donors (Lipinski definition) is 0. The van der Waals surface area contributed by atoms with E-state index in [2.05, 4.69) is 27.4 Å². The van der Waals surface area contributed by atoms with Crippen molar-refractivity contribution in [2.24, 2.45) is 17.3 Å². The van der Waals surface area contributed by atoms with Crippen LogP contribution in [0.2, 0.25) is 0 Å². The smallest absolute Gasteiger partial charge is 0.133 e. The monoisotopic (exact) mass is 208 g/mol. The molecule has 0 bridgehead atoms. The molecule has 0 aromatic carbocycles. The Bertz CT molecular complexity index is 257. The van der Waals surface area contributed by atoms with Gasteiger partial charge in [0.15, 0.2) is 0 Å². The molecule has 0 N–H and O–H groups in total. The number of carbonyl (C=O) groups excluding carboxylic acids is 1. The van der Waals surface area contributed by atoms with E-state index in [1.165, 1.54) is 18.4 Å². The van der Waals surface area contributed by atoms with Gasteiger partial charge in [0.25, 0.3) is 0 Å². The van der Waals surface area contributed by atoms with Gasteiger partial charge in [0, 0.05) is 5.92 Å². The van der Waals surface area contributed by atoms with E-state index >= 15 is 0 Å². The molecule has 15 heavy (non-hydrogen) atoms. The Morgan fingerprint density at radius 1 is 1.33 bits per heavy atom. The van der Waals surface area contributed by atoms with Crippen LogP contribution in [0.5, 0.6) is 0 Å². The number of hydrogen-bond acceptors (Lipinski definition) is 1. The second kappa shape index (κ2) is 4.51. The highest BCUT2D eigenvalue weighted by Crippen LogP contribution is 2.39. The van der Waals surface area contributed by atoms with Crippen molar-refractivity contribution in [1.29, 1.82) is 0 Å². The van der Waals surface area contributed by atoms with Crippen LogP contribution in [0.25, 0.3) is 0 Å². The third-order valence-corrected chi connectivity index (χ3v) is 3.75. The molecule has 1 nitrogen and oxygen atoms in total. The Morgan fingerprint density at radius 2 is 1.93 bits per heavy atom. The first kappa shape index (κ1) is 12.5. The van der Waals surface area contributed by atoms with E-state index in [1.54, 1.807) is 6.92 Å². The van der Waals surface area contributed by atoms with E-state index in [4.69, 9.17) is 0 Å². The van der Waals surface area contributed by atoms with Crippen LogP contribution in [-0.2, 0) is 4.79 Å². The molecule has 1 aliphatic rings. The molecule has 1 rings (SSSR count). The molecule has 2 atom stereocenters. The second-order valence-corrected chi connectivity index (χ2v) is 5.97. The average Bonchev–Trinajstić information content (AvgIpc) is 2.50. The first-order valence-corrected chi connectivity index (χ1v) is 6.01. The van der Waals surface area contributed by atoms with Gasteiger partial charge < -0.3 is 0 Å². The summed E-state index contributed by atoms with van der Waals surface area (Å²) >= 11 is 0. The van der Waals surface area contributed by atoms with Crippen LogP contribution >= 0.6 is 0 Å². The predicted octanol–water partition coefficient (Wildman–Crippen LogP) is 3.98. The Morgan fingerprint density at radius 3 is 2.40 bits per heavy atom. The maximum Gasteiger partial charge on any atom is 0.133 e. The van der Waals surface area contributed by atoms with Gasteiger partial charge in [-0.15, -0.1) is 0 Å². The molecule has 0 aromatic heterocycles. The first-order chi connectivity index (χ1) is 6.82. The third-order valence-electron chi connectivity index (χ3n) is 3.75. The summed E-state index contributed by atoms with van der Waals surface area (Å²) in [5, 5.41) is 0. The fourth-order valence-electron chi connectivity index (χ4n) is 2.44. The number of carbonyl (C=O) groups is 1. The van der Waals surface area contributed by atoms with Gasteiger partial charge in [-0.1, -0.05) is 39.3 Å². The summed E-state index contributed by atoms with van der Waals surface area (Å²) in [6.45, 7) is 12.5. The lowest BCUT2D eigenvalue weighted by atomic mass is 9.79. The molecule has 1 heteroatoms. The van der Waals surface area contributed by atoms with Crippen LogP contribution in [0.1, 0.15) is 53.4 Å². The molecular weight excluding hydrogens is 184 g/mol. The second-order valence-electron chi connectivity index (χ2n) is 5.97. The van der Waals surface area contributed by atoms with E-state index in [1.807, 2.05) is 0 Å². The van der Waals surface area contributed by atoms with Gasteiger partial charge in [-0.2, -0.15) is 0 Å².